The van der Waals surface area contributed by atoms with Crippen molar-refractivity contribution in [3.8, 4) is 22.6 Å². The number of hydrogen-bond donors (Lipinski definition) is 3. The Kier molecular flexibility index (Phi) is 27.6. The Morgan fingerprint density at radius 3 is 1.34 bits per heavy atom. The summed E-state index contributed by atoms with van der Waals surface area (Å²) in [6.07, 6.45) is -3.70. The molecule has 0 bridgehead atoms. The van der Waals surface area contributed by atoms with Crippen molar-refractivity contribution in [3.63, 3.8) is 0 Å². The van der Waals surface area contributed by atoms with Crippen LogP contribution in [-0.2, 0) is 88.4 Å². The molecule has 7 rings (SSSR count). The van der Waals surface area contributed by atoms with Gasteiger partial charge in [0, 0.05) is 40.9 Å². The summed E-state index contributed by atoms with van der Waals surface area (Å²) in [5.74, 6) is -1.24. The Morgan fingerprint density at radius 1 is 0.474 bits per heavy atom. The zero-order chi connectivity index (χ0) is 70.2. The van der Waals surface area contributed by atoms with E-state index in [0.29, 0.717) is 45.4 Å². The number of hydrogen-bond acceptors (Lipinski definition) is 14. The highest BCUT2D eigenvalue weighted by Gasteiger charge is 2.42. The van der Waals surface area contributed by atoms with E-state index in [1.807, 2.05) is 195 Å². The zero-order valence-corrected chi connectivity index (χ0v) is 60.1. The van der Waals surface area contributed by atoms with Crippen LogP contribution in [0.1, 0.15) is 86.9 Å². The lowest BCUT2D eigenvalue weighted by molar-refractivity contribution is -0.156. The van der Waals surface area contributed by atoms with Gasteiger partial charge in [-0.3, -0.25) is 4.79 Å². The summed E-state index contributed by atoms with van der Waals surface area (Å²) >= 11 is 0. The number of alkyl carbamates (subject to hydrolysis) is 3. The molecule has 0 aromatic heterocycles. The van der Waals surface area contributed by atoms with E-state index in [9.17, 15) is 19.2 Å². The highest BCUT2D eigenvalue weighted by atomic mass is 28.4. The standard InChI is InChI=1S/C77H96N4O14Si2/c1-76(2,3)94-75(87)79-65(48-64(95-97(11,12)77(4,5)6)49-78-73(85)92-53-58-34-24-16-25-35-58)70(82)81(7)67(72(84)91-52-57-32-22-15-23-33-57)47-63-45-61(39-41-69(63)90-51-56-30-20-14-21-31-56)60-38-40-68(89-50-55-28-18-13-19-29-55)62(44-60)46-66(71(83)88-42-43-96(8,9)10)80-74(86)93-54-59-36-26-17-27-37-59/h13-41,44-45,64-67H,42-43,46-54H2,1-12H3,(H,78,85)(H,79,87)(H,80,86)/t64-,65+,66+,67+/m1/s1. The van der Waals surface area contributed by atoms with Gasteiger partial charge in [-0.1, -0.05) is 204 Å². The summed E-state index contributed by atoms with van der Waals surface area (Å²) in [6, 6.07) is 54.7. The summed E-state index contributed by atoms with van der Waals surface area (Å²) in [5, 5.41) is 8.14. The molecule has 0 saturated carbocycles. The topological polar surface area (TPSA) is 216 Å². The lowest BCUT2D eigenvalue weighted by Crippen LogP contribution is -2.56. The quantitative estimate of drug-likeness (QED) is 0.0203. The van der Waals surface area contributed by atoms with E-state index in [-0.39, 0.29) is 70.5 Å². The summed E-state index contributed by atoms with van der Waals surface area (Å²) in [7, 11) is -2.86. The Bertz CT molecular complexity index is 3660. The Morgan fingerprint density at radius 2 is 0.897 bits per heavy atom. The van der Waals surface area contributed by atoms with E-state index in [2.05, 4.69) is 56.4 Å². The van der Waals surface area contributed by atoms with E-state index < -0.39 is 82.3 Å². The smallest absolute Gasteiger partial charge is 0.408 e. The Hall–Kier alpha value is -9.25. The van der Waals surface area contributed by atoms with Crippen LogP contribution in [0.2, 0.25) is 43.8 Å². The molecule has 0 saturated heterocycles. The van der Waals surface area contributed by atoms with Crippen molar-refractivity contribution in [3.05, 3.63) is 227 Å². The molecule has 18 nitrogen and oxygen atoms in total. The maximum atomic E-state index is 15.7. The molecule has 20 heteroatoms. The Balaban J connectivity index is 1.30. The molecule has 516 valence electrons. The highest BCUT2D eigenvalue weighted by molar-refractivity contribution is 6.76. The summed E-state index contributed by atoms with van der Waals surface area (Å²) in [4.78, 5) is 87.6. The fraction of sp³-hybridized carbons (Fsp3) is 0.377. The van der Waals surface area contributed by atoms with Crippen LogP contribution in [0.15, 0.2) is 188 Å². The van der Waals surface area contributed by atoms with Gasteiger partial charge < -0.3 is 58.4 Å². The average molecular weight is 1360 g/mol. The lowest BCUT2D eigenvalue weighted by Gasteiger charge is -2.40. The van der Waals surface area contributed by atoms with Crippen LogP contribution in [0, 0.1) is 0 Å². The molecule has 7 aromatic rings. The van der Waals surface area contributed by atoms with Crippen LogP contribution in [0.25, 0.3) is 11.1 Å². The largest absolute Gasteiger partial charge is 0.489 e. The van der Waals surface area contributed by atoms with E-state index in [0.717, 1.165) is 22.3 Å². The third-order valence-corrected chi connectivity index (χ3v) is 22.6. The van der Waals surface area contributed by atoms with Gasteiger partial charge in [0.15, 0.2) is 8.32 Å². The molecule has 0 aliphatic heterocycles. The summed E-state index contributed by atoms with van der Waals surface area (Å²) in [6.45, 7) is 22.2. The third kappa shape index (κ3) is 25.4. The monoisotopic (exact) mass is 1360 g/mol. The first-order chi connectivity index (χ1) is 46.1. The van der Waals surface area contributed by atoms with Gasteiger partial charge in [0.1, 0.15) is 68.3 Å². The molecular formula is C77H96N4O14Si2. The molecule has 0 spiro atoms. The molecule has 3 N–H and O–H groups in total. The number of esters is 2. The van der Waals surface area contributed by atoms with Crippen LogP contribution in [0.3, 0.4) is 0 Å². The van der Waals surface area contributed by atoms with Crippen LogP contribution in [0.4, 0.5) is 14.4 Å². The molecule has 7 aromatic carbocycles. The van der Waals surface area contributed by atoms with Gasteiger partial charge in [0.25, 0.3) is 0 Å². The minimum absolute atomic E-state index is 0.0124. The fourth-order valence-corrected chi connectivity index (χ4v) is 12.0. The van der Waals surface area contributed by atoms with Crippen molar-refractivity contribution in [2.24, 2.45) is 0 Å². The number of carbonyl (C=O) groups excluding carboxylic acids is 6. The van der Waals surface area contributed by atoms with Crippen LogP contribution in [-0.4, -0.2) is 107 Å². The first-order valence-electron chi connectivity index (χ1n) is 32.9. The molecule has 0 radical (unpaired) electrons. The molecule has 0 aliphatic carbocycles. The van der Waals surface area contributed by atoms with Gasteiger partial charge >= 0.3 is 30.2 Å². The van der Waals surface area contributed by atoms with Crippen LogP contribution >= 0.6 is 0 Å². The van der Waals surface area contributed by atoms with Crippen molar-refractivity contribution in [2.75, 3.05) is 20.2 Å². The number of ether oxygens (including phenoxy) is 7. The molecule has 0 heterocycles. The first-order valence-corrected chi connectivity index (χ1v) is 39.5. The van der Waals surface area contributed by atoms with Gasteiger partial charge in [-0.2, -0.15) is 0 Å². The van der Waals surface area contributed by atoms with Crippen molar-refractivity contribution >= 4 is 52.5 Å². The minimum atomic E-state index is -2.69. The molecule has 97 heavy (non-hydrogen) atoms. The number of likely N-dealkylation sites (N-methyl/N-ethyl adjacent to an activating group) is 1. The predicted molar refractivity (Wildman–Crippen MR) is 381 cm³/mol. The van der Waals surface area contributed by atoms with E-state index in [1.165, 1.54) is 11.9 Å². The minimum Gasteiger partial charge on any atom is -0.489 e. The average Bonchev–Trinajstić information content (AvgIpc) is 0.827. The fourth-order valence-electron chi connectivity index (χ4n) is 9.95. The van der Waals surface area contributed by atoms with Crippen molar-refractivity contribution < 1.29 is 66.4 Å². The second-order valence-electron chi connectivity index (χ2n) is 27.8. The second-order valence-corrected chi connectivity index (χ2v) is 38.2. The van der Waals surface area contributed by atoms with Gasteiger partial charge in [0.2, 0.25) is 5.91 Å². The first kappa shape index (κ1) is 75.1. The number of nitrogens with zero attached hydrogens (tertiary/aromatic N) is 1. The number of carbonyl (C=O) groups is 6. The number of rotatable bonds is 32. The SMILES string of the molecule is CN(C(=O)[C@H](C[C@H](CNC(=O)OCc1ccccc1)O[Si](C)(C)C(C)(C)C)NC(=O)OC(C)(C)C)[C@@H](Cc1cc(-c2ccc(OCc3ccccc3)c(C[C@H](NC(=O)OCc3ccccc3)C(=O)OCC[Si](C)(C)C)c2)ccc1OCc1ccccc1)C(=O)OCc1ccccc1. The molecule has 0 aliphatic rings. The zero-order valence-electron chi connectivity index (χ0n) is 58.1. The Labute approximate surface area is 574 Å². The molecular weight excluding hydrogens is 1260 g/mol. The van der Waals surface area contributed by atoms with Crippen LogP contribution < -0.4 is 25.4 Å². The van der Waals surface area contributed by atoms with Gasteiger partial charge in [-0.25, -0.2) is 24.0 Å². The number of nitrogens with one attached hydrogen (secondary N) is 3. The number of amides is 4. The van der Waals surface area contributed by atoms with Crippen molar-refractivity contribution in [1.29, 1.82) is 0 Å². The second kappa shape index (κ2) is 35.7. The molecule has 0 unspecified atom stereocenters. The van der Waals surface area contributed by atoms with Gasteiger partial charge in [-0.05, 0) is 119 Å². The van der Waals surface area contributed by atoms with Crippen molar-refractivity contribution in [1.82, 2.24) is 20.9 Å². The van der Waals surface area contributed by atoms with E-state index in [1.54, 1.807) is 26.8 Å². The molecule has 4 amide bonds. The van der Waals surface area contributed by atoms with Crippen molar-refractivity contribution in [2.45, 2.75) is 167 Å². The van der Waals surface area contributed by atoms with E-state index >= 15 is 9.59 Å². The normalized spacial score (nSPS) is 12.9. The highest BCUT2D eigenvalue weighted by Crippen LogP contribution is 2.38. The maximum Gasteiger partial charge on any atom is 0.408 e. The third-order valence-electron chi connectivity index (χ3n) is 16.4. The van der Waals surface area contributed by atoms with Gasteiger partial charge in [0.05, 0.1) is 12.7 Å². The van der Waals surface area contributed by atoms with E-state index in [4.69, 9.17) is 37.6 Å². The summed E-state index contributed by atoms with van der Waals surface area (Å²) in [5.41, 5.74) is 5.43. The molecule has 4 atom stereocenters. The maximum absolute atomic E-state index is 15.7. The number of benzene rings is 7. The van der Waals surface area contributed by atoms with Crippen LogP contribution in [0.5, 0.6) is 11.5 Å². The molecule has 0 fully saturated rings. The lowest BCUT2D eigenvalue weighted by atomic mass is 9.95. The summed E-state index contributed by atoms with van der Waals surface area (Å²) < 4.78 is 49.3. The predicted octanol–water partition coefficient (Wildman–Crippen LogP) is 14.9. The van der Waals surface area contributed by atoms with Gasteiger partial charge in [-0.15, -0.1) is 0 Å².